The highest BCUT2D eigenvalue weighted by atomic mass is 35.5. The van der Waals surface area contributed by atoms with E-state index < -0.39 is 6.10 Å². The number of aliphatic hydroxyl groups excluding tert-OH is 1. The standard InChI is InChI=1S/C17H32N2O.ClH/c1-3-4-5-6-7-8-9-10-11-12-14-19-15-13-18-17(19)16(2)20;/h13,15-16,20H,3-12,14H2,1-2H3;1H. The molecule has 0 aliphatic rings. The fourth-order valence-electron chi connectivity index (χ4n) is 2.65. The van der Waals surface area contributed by atoms with E-state index in [9.17, 15) is 5.11 Å². The van der Waals surface area contributed by atoms with E-state index in [0.717, 1.165) is 12.4 Å². The number of imidazole rings is 1. The summed E-state index contributed by atoms with van der Waals surface area (Å²) in [4.78, 5) is 4.19. The normalized spacial score (nSPS) is 12.1. The lowest BCUT2D eigenvalue weighted by atomic mass is 10.1. The molecule has 1 aromatic rings. The molecule has 1 atom stereocenters. The van der Waals surface area contributed by atoms with Gasteiger partial charge in [0.1, 0.15) is 11.9 Å². The molecule has 1 aromatic heterocycles. The van der Waals surface area contributed by atoms with Crippen molar-refractivity contribution in [3.63, 3.8) is 0 Å². The molecule has 21 heavy (non-hydrogen) atoms. The molecule has 0 aromatic carbocycles. The molecule has 0 radical (unpaired) electrons. The van der Waals surface area contributed by atoms with Crippen LogP contribution in [0.1, 0.15) is 90.0 Å². The van der Waals surface area contributed by atoms with Crippen molar-refractivity contribution in [1.29, 1.82) is 0 Å². The van der Waals surface area contributed by atoms with E-state index in [2.05, 4.69) is 16.5 Å². The molecule has 124 valence electrons. The van der Waals surface area contributed by atoms with Crippen LogP contribution in [0.2, 0.25) is 0 Å². The highest BCUT2D eigenvalue weighted by molar-refractivity contribution is 5.85. The number of unbranched alkanes of at least 4 members (excludes halogenated alkanes) is 9. The predicted molar refractivity (Wildman–Crippen MR) is 92.0 cm³/mol. The van der Waals surface area contributed by atoms with E-state index in [1.54, 1.807) is 13.1 Å². The van der Waals surface area contributed by atoms with Gasteiger partial charge in [-0.3, -0.25) is 0 Å². The van der Waals surface area contributed by atoms with E-state index in [1.807, 2.05) is 6.20 Å². The molecule has 1 unspecified atom stereocenters. The Balaban J connectivity index is 0.00000400. The summed E-state index contributed by atoms with van der Waals surface area (Å²) < 4.78 is 2.08. The predicted octanol–water partition coefficient (Wildman–Crippen LogP) is 5.28. The fourth-order valence-corrected chi connectivity index (χ4v) is 2.65. The van der Waals surface area contributed by atoms with Crippen LogP contribution in [-0.4, -0.2) is 14.7 Å². The quantitative estimate of drug-likeness (QED) is 0.533. The Bertz CT molecular complexity index is 339. The first kappa shape index (κ1) is 20.5. The summed E-state index contributed by atoms with van der Waals surface area (Å²) >= 11 is 0. The van der Waals surface area contributed by atoms with Gasteiger partial charge in [-0.05, 0) is 13.3 Å². The molecule has 1 heterocycles. The monoisotopic (exact) mass is 316 g/mol. The lowest BCUT2D eigenvalue weighted by molar-refractivity contribution is 0.183. The Morgan fingerprint density at radius 3 is 2.05 bits per heavy atom. The van der Waals surface area contributed by atoms with Gasteiger partial charge in [0.2, 0.25) is 0 Å². The first-order valence-electron chi connectivity index (χ1n) is 8.44. The third-order valence-electron chi connectivity index (χ3n) is 3.87. The Morgan fingerprint density at radius 1 is 1.00 bits per heavy atom. The number of hydrogen-bond acceptors (Lipinski definition) is 2. The first-order valence-corrected chi connectivity index (χ1v) is 8.44. The number of nitrogens with zero attached hydrogens (tertiary/aromatic N) is 2. The molecule has 1 N–H and O–H groups in total. The zero-order valence-electron chi connectivity index (χ0n) is 13.8. The van der Waals surface area contributed by atoms with Gasteiger partial charge in [-0.1, -0.05) is 64.7 Å². The van der Waals surface area contributed by atoms with Crippen molar-refractivity contribution in [3.8, 4) is 0 Å². The van der Waals surface area contributed by atoms with Gasteiger partial charge in [0.05, 0.1) is 0 Å². The molecule has 0 amide bonds. The maximum absolute atomic E-state index is 9.57. The van der Waals surface area contributed by atoms with Crippen molar-refractivity contribution >= 4 is 12.4 Å². The van der Waals surface area contributed by atoms with Crippen molar-refractivity contribution in [3.05, 3.63) is 18.2 Å². The lowest BCUT2D eigenvalue weighted by Crippen LogP contribution is -2.06. The van der Waals surface area contributed by atoms with Crippen LogP contribution in [0.4, 0.5) is 0 Å². The minimum Gasteiger partial charge on any atom is -0.385 e. The molecule has 0 aliphatic carbocycles. The number of aliphatic hydroxyl groups is 1. The summed E-state index contributed by atoms with van der Waals surface area (Å²) in [7, 11) is 0. The topological polar surface area (TPSA) is 38.0 Å². The van der Waals surface area contributed by atoms with E-state index in [1.165, 1.54) is 64.2 Å². The van der Waals surface area contributed by atoms with Gasteiger partial charge in [-0.25, -0.2) is 4.98 Å². The smallest absolute Gasteiger partial charge is 0.137 e. The third-order valence-corrected chi connectivity index (χ3v) is 3.87. The summed E-state index contributed by atoms with van der Waals surface area (Å²) in [5.41, 5.74) is 0. The molecule has 4 heteroatoms. The van der Waals surface area contributed by atoms with Gasteiger partial charge in [-0.2, -0.15) is 0 Å². The van der Waals surface area contributed by atoms with Gasteiger partial charge in [-0.15, -0.1) is 12.4 Å². The lowest BCUT2D eigenvalue weighted by Gasteiger charge is -2.09. The molecule has 0 fully saturated rings. The van der Waals surface area contributed by atoms with E-state index in [-0.39, 0.29) is 12.4 Å². The maximum Gasteiger partial charge on any atom is 0.137 e. The Labute approximate surface area is 136 Å². The number of rotatable bonds is 12. The van der Waals surface area contributed by atoms with Crippen LogP contribution in [-0.2, 0) is 6.54 Å². The molecule has 3 nitrogen and oxygen atoms in total. The summed E-state index contributed by atoms with van der Waals surface area (Å²) in [5.74, 6) is 0.793. The van der Waals surface area contributed by atoms with Crippen LogP contribution in [0.25, 0.3) is 0 Å². The summed E-state index contributed by atoms with van der Waals surface area (Å²) in [6, 6.07) is 0. The molecule has 1 rings (SSSR count). The van der Waals surface area contributed by atoms with Crippen LogP contribution in [0, 0.1) is 0 Å². The Kier molecular flexibility index (Phi) is 12.8. The zero-order chi connectivity index (χ0) is 14.6. The minimum atomic E-state index is -0.465. The number of aromatic nitrogens is 2. The van der Waals surface area contributed by atoms with Gasteiger partial charge in [0, 0.05) is 18.9 Å². The second kappa shape index (κ2) is 13.1. The zero-order valence-corrected chi connectivity index (χ0v) is 14.6. The number of aryl methyl sites for hydroxylation is 1. The largest absolute Gasteiger partial charge is 0.385 e. The van der Waals surface area contributed by atoms with Crippen molar-refractivity contribution in [2.24, 2.45) is 0 Å². The molecule has 0 aliphatic heterocycles. The molecule has 0 bridgehead atoms. The van der Waals surface area contributed by atoms with Crippen molar-refractivity contribution in [2.45, 2.75) is 90.7 Å². The second-order valence-corrected chi connectivity index (χ2v) is 5.84. The Hall–Kier alpha value is -0.540. The van der Waals surface area contributed by atoms with Crippen LogP contribution >= 0.6 is 12.4 Å². The minimum absolute atomic E-state index is 0. The van der Waals surface area contributed by atoms with Crippen LogP contribution in [0.5, 0.6) is 0 Å². The molecular weight excluding hydrogens is 284 g/mol. The average molecular weight is 317 g/mol. The maximum atomic E-state index is 9.57. The van der Waals surface area contributed by atoms with Crippen molar-refractivity contribution in [2.75, 3.05) is 0 Å². The summed E-state index contributed by atoms with van der Waals surface area (Å²) in [6.45, 7) is 5.03. The molecular formula is C17H33ClN2O. The van der Waals surface area contributed by atoms with E-state index in [4.69, 9.17) is 0 Å². The first-order chi connectivity index (χ1) is 9.75. The SMILES string of the molecule is CCCCCCCCCCCCn1ccnc1C(C)O.Cl. The Morgan fingerprint density at radius 2 is 1.52 bits per heavy atom. The number of hydrogen-bond donors (Lipinski definition) is 1. The molecule has 0 saturated heterocycles. The van der Waals surface area contributed by atoms with Gasteiger partial charge in [0.15, 0.2) is 0 Å². The summed E-state index contributed by atoms with van der Waals surface area (Å²) in [6.07, 6.45) is 16.8. The fraction of sp³-hybridized carbons (Fsp3) is 0.824. The highest BCUT2D eigenvalue weighted by Gasteiger charge is 2.07. The van der Waals surface area contributed by atoms with Crippen molar-refractivity contribution < 1.29 is 5.11 Å². The number of halogens is 1. The van der Waals surface area contributed by atoms with Crippen LogP contribution in [0.3, 0.4) is 0 Å². The highest BCUT2D eigenvalue weighted by Crippen LogP contribution is 2.13. The van der Waals surface area contributed by atoms with E-state index >= 15 is 0 Å². The van der Waals surface area contributed by atoms with Gasteiger partial charge in [0.25, 0.3) is 0 Å². The average Bonchev–Trinajstić information content (AvgIpc) is 2.89. The van der Waals surface area contributed by atoms with Crippen LogP contribution in [0.15, 0.2) is 12.4 Å². The molecule has 0 spiro atoms. The van der Waals surface area contributed by atoms with E-state index in [0.29, 0.717) is 0 Å². The van der Waals surface area contributed by atoms with Crippen molar-refractivity contribution in [1.82, 2.24) is 9.55 Å². The van der Waals surface area contributed by atoms with Gasteiger partial charge < -0.3 is 9.67 Å². The summed E-state index contributed by atoms with van der Waals surface area (Å²) in [5, 5.41) is 9.57. The molecule has 0 saturated carbocycles. The second-order valence-electron chi connectivity index (χ2n) is 5.84. The van der Waals surface area contributed by atoms with Crippen LogP contribution < -0.4 is 0 Å². The third kappa shape index (κ3) is 9.15. The van der Waals surface area contributed by atoms with Gasteiger partial charge >= 0.3 is 0 Å².